The van der Waals surface area contributed by atoms with E-state index in [4.69, 9.17) is 10.2 Å². The molecule has 0 radical (unpaired) electrons. The molecule has 0 unspecified atom stereocenters. The summed E-state index contributed by atoms with van der Waals surface area (Å²) in [6, 6.07) is 0. The molecule has 0 bridgehead atoms. The standard InChI is InChI=1S/C8H15O5P/c1-2-14(13,5-3-7(9)10)6-4-8(11)12/h2-6H2,1H3,(H,9,10)(H,11,12). The first-order valence-electron chi connectivity index (χ1n) is 4.40. The summed E-state index contributed by atoms with van der Waals surface area (Å²) in [6.07, 6.45) is 0.279. The average molecular weight is 222 g/mol. The molecule has 5 nitrogen and oxygen atoms in total. The lowest BCUT2D eigenvalue weighted by molar-refractivity contribution is -0.137. The largest absolute Gasteiger partial charge is 0.481 e. The number of carbonyl (C=O) groups is 2. The molecule has 0 aromatic carbocycles. The van der Waals surface area contributed by atoms with E-state index >= 15 is 0 Å². The van der Waals surface area contributed by atoms with E-state index in [1.54, 1.807) is 6.92 Å². The molecule has 0 heterocycles. The summed E-state index contributed by atoms with van der Waals surface area (Å²) in [5, 5.41) is 16.8. The zero-order valence-corrected chi connectivity index (χ0v) is 9.00. The fourth-order valence-electron chi connectivity index (χ4n) is 1.03. The molecular weight excluding hydrogens is 207 g/mol. The van der Waals surface area contributed by atoms with Crippen LogP contribution in [-0.2, 0) is 14.2 Å². The summed E-state index contributed by atoms with van der Waals surface area (Å²) in [5.74, 6) is -1.98. The van der Waals surface area contributed by atoms with E-state index in [1.165, 1.54) is 0 Å². The summed E-state index contributed by atoms with van der Waals surface area (Å²) >= 11 is 0. The molecule has 0 rings (SSSR count). The first-order chi connectivity index (χ1) is 6.39. The fourth-order valence-corrected chi connectivity index (χ4v) is 3.08. The number of hydrogen-bond acceptors (Lipinski definition) is 3. The van der Waals surface area contributed by atoms with Crippen LogP contribution in [0.3, 0.4) is 0 Å². The van der Waals surface area contributed by atoms with E-state index in [-0.39, 0.29) is 25.2 Å². The van der Waals surface area contributed by atoms with Gasteiger partial charge < -0.3 is 14.8 Å². The van der Waals surface area contributed by atoms with Gasteiger partial charge in [0.1, 0.15) is 0 Å². The van der Waals surface area contributed by atoms with Gasteiger partial charge in [0.25, 0.3) is 0 Å². The van der Waals surface area contributed by atoms with Gasteiger partial charge in [0.2, 0.25) is 0 Å². The maximum Gasteiger partial charge on any atom is 0.303 e. The van der Waals surface area contributed by atoms with Crippen LogP contribution >= 0.6 is 7.14 Å². The zero-order chi connectivity index (χ0) is 11.2. The fraction of sp³-hybridized carbons (Fsp3) is 0.750. The lowest BCUT2D eigenvalue weighted by Gasteiger charge is -2.13. The van der Waals surface area contributed by atoms with Crippen molar-refractivity contribution < 1.29 is 24.4 Å². The lowest BCUT2D eigenvalue weighted by atomic mass is 10.5. The van der Waals surface area contributed by atoms with Gasteiger partial charge in [-0.05, 0) is 6.16 Å². The highest BCUT2D eigenvalue weighted by Crippen LogP contribution is 2.46. The molecule has 0 aliphatic carbocycles. The van der Waals surface area contributed by atoms with E-state index in [2.05, 4.69) is 0 Å². The lowest BCUT2D eigenvalue weighted by Crippen LogP contribution is -2.07. The minimum Gasteiger partial charge on any atom is -0.481 e. The molecule has 0 aliphatic heterocycles. The van der Waals surface area contributed by atoms with Gasteiger partial charge in [-0.3, -0.25) is 9.59 Å². The Morgan fingerprint density at radius 3 is 1.64 bits per heavy atom. The zero-order valence-electron chi connectivity index (χ0n) is 8.10. The van der Waals surface area contributed by atoms with Gasteiger partial charge in [0.05, 0.1) is 20.0 Å². The van der Waals surface area contributed by atoms with Gasteiger partial charge in [-0.15, -0.1) is 0 Å². The quantitative estimate of drug-likeness (QED) is 0.634. The van der Waals surface area contributed by atoms with Crippen molar-refractivity contribution in [2.75, 3.05) is 18.5 Å². The van der Waals surface area contributed by atoms with Crippen molar-refractivity contribution in [3.8, 4) is 0 Å². The van der Waals surface area contributed by atoms with Gasteiger partial charge in [0.15, 0.2) is 0 Å². The van der Waals surface area contributed by atoms with Gasteiger partial charge in [-0.25, -0.2) is 0 Å². The second-order valence-electron chi connectivity index (χ2n) is 3.11. The summed E-state index contributed by atoms with van der Waals surface area (Å²) < 4.78 is 11.9. The molecule has 0 aromatic rings. The third kappa shape index (κ3) is 5.75. The Labute approximate surface area is 82.5 Å². The van der Waals surface area contributed by atoms with Crippen molar-refractivity contribution in [3.63, 3.8) is 0 Å². The van der Waals surface area contributed by atoms with Crippen molar-refractivity contribution in [3.05, 3.63) is 0 Å². The van der Waals surface area contributed by atoms with Crippen molar-refractivity contribution in [2.24, 2.45) is 0 Å². The second-order valence-corrected chi connectivity index (χ2v) is 6.75. The van der Waals surface area contributed by atoms with Crippen LogP contribution in [-0.4, -0.2) is 40.6 Å². The average Bonchev–Trinajstić information content (AvgIpc) is 2.11. The maximum absolute atomic E-state index is 11.9. The van der Waals surface area contributed by atoms with Gasteiger partial charge in [-0.2, -0.15) is 0 Å². The van der Waals surface area contributed by atoms with E-state index < -0.39 is 19.1 Å². The molecule has 82 valence electrons. The highest BCUT2D eigenvalue weighted by Gasteiger charge is 2.21. The van der Waals surface area contributed by atoms with Crippen LogP contribution in [0.5, 0.6) is 0 Å². The summed E-state index contributed by atoms with van der Waals surface area (Å²) in [7, 11) is -2.57. The molecular formula is C8H15O5P. The smallest absolute Gasteiger partial charge is 0.303 e. The van der Waals surface area contributed by atoms with Crippen molar-refractivity contribution >= 4 is 19.1 Å². The minimum absolute atomic E-state index is 0.103. The maximum atomic E-state index is 11.9. The number of carboxylic acids is 2. The van der Waals surface area contributed by atoms with Gasteiger partial charge in [-0.1, -0.05) is 6.92 Å². The summed E-state index contributed by atoms with van der Waals surface area (Å²) in [6.45, 7) is 1.70. The number of hydrogen-bond donors (Lipinski definition) is 2. The normalized spacial score (nSPS) is 11.2. The summed E-state index contributed by atoms with van der Waals surface area (Å²) in [5.41, 5.74) is 0. The Bertz CT molecular complexity index is 238. The highest BCUT2D eigenvalue weighted by molar-refractivity contribution is 7.63. The van der Waals surface area contributed by atoms with E-state index in [0.29, 0.717) is 6.16 Å². The van der Waals surface area contributed by atoms with Crippen LogP contribution in [0.4, 0.5) is 0 Å². The summed E-state index contributed by atoms with van der Waals surface area (Å²) in [4.78, 5) is 20.5. The Balaban J connectivity index is 4.11. The molecule has 0 saturated carbocycles. The van der Waals surface area contributed by atoms with E-state index in [0.717, 1.165) is 0 Å². The van der Waals surface area contributed by atoms with Crippen LogP contribution < -0.4 is 0 Å². The predicted molar refractivity (Wildman–Crippen MR) is 52.4 cm³/mol. The third-order valence-electron chi connectivity index (χ3n) is 2.04. The second kappa shape index (κ2) is 5.81. The molecule has 0 fully saturated rings. The number of aliphatic carboxylic acids is 2. The molecule has 0 atom stereocenters. The highest BCUT2D eigenvalue weighted by atomic mass is 31.2. The van der Waals surface area contributed by atoms with Crippen molar-refractivity contribution in [1.82, 2.24) is 0 Å². The first kappa shape index (κ1) is 13.2. The molecule has 2 N–H and O–H groups in total. The topological polar surface area (TPSA) is 91.7 Å². The van der Waals surface area contributed by atoms with Gasteiger partial charge >= 0.3 is 11.9 Å². The van der Waals surface area contributed by atoms with Crippen LogP contribution in [0, 0.1) is 0 Å². The number of rotatable bonds is 7. The third-order valence-corrected chi connectivity index (χ3v) is 5.27. The first-order valence-corrected chi connectivity index (χ1v) is 6.66. The Hall–Kier alpha value is -0.830. The van der Waals surface area contributed by atoms with Gasteiger partial charge in [0, 0.05) is 12.3 Å². The monoisotopic (exact) mass is 222 g/mol. The Morgan fingerprint density at radius 2 is 1.43 bits per heavy atom. The predicted octanol–water partition coefficient (Wildman–Crippen LogP) is 1.32. The van der Waals surface area contributed by atoms with Crippen LogP contribution in [0.1, 0.15) is 19.8 Å². The van der Waals surface area contributed by atoms with E-state index in [1.807, 2.05) is 0 Å². The van der Waals surface area contributed by atoms with Crippen LogP contribution in [0.25, 0.3) is 0 Å². The van der Waals surface area contributed by atoms with Crippen molar-refractivity contribution in [2.45, 2.75) is 19.8 Å². The molecule has 14 heavy (non-hydrogen) atoms. The molecule has 6 heteroatoms. The Morgan fingerprint density at radius 1 is 1.07 bits per heavy atom. The number of carboxylic acid groups (broad SMARTS) is 2. The van der Waals surface area contributed by atoms with E-state index in [9.17, 15) is 14.2 Å². The van der Waals surface area contributed by atoms with Crippen LogP contribution in [0.2, 0.25) is 0 Å². The molecule has 0 spiro atoms. The molecule has 0 aromatic heterocycles. The minimum atomic E-state index is -2.57. The Kier molecular flexibility index (Phi) is 5.46. The van der Waals surface area contributed by atoms with Crippen molar-refractivity contribution in [1.29, 1.82) is 0 Å². The SMILES string of the molecule is CCP(=O)(CCC(=O)O)CCC(=O)O. The molecule has 0 aliphatic rings. The molecule has 0 saturated heterocycles. The van der Waals surface area contributed by atoms with Crippen LogP contribution in [0.15, 0.2) is 0 Å². The molecule has 0 amide bonds.